The monoisotopic (exact) mass is 601 g/mol. The zero-order valence-electron chi connectivity index (χ0n) is 25.5. The highest BCUT2D eigenvalue weighted by Crippen LogP contribution is 2.41. The molecule has 0 saturated carbocycles. The fourth-order valence-electron chi connectivity index (χ4n) is 6.17. The molecule has 6 rings (SSSR count). The van der Waals surface area contributed by atoms with Gasteiger partial charge < -0.3 is 29.4 Å². The summed E-state index contributed by atoms with van der Waals surface area (Å²) in [5, 5.41) is 16.3. The van der Waals surface area contributed by atoms with Crippen molar-refractivity contribution in [2.75, 3.05) is 20.8 Å². The highest BCUT2D eigenvalue weighted by Gasteiger charge is 2.30. The van der Waals surface area contributed by atoms with Crippen LogP contribution in [-0.4, -0.2) is 41.3 Å². The number of carbonyl (C=O) groups excluding carboxylic acids is 1. The van der Waals surface area contributed by atoms with Crippen molar-refractivity contribution in [2.24, 2.45) is 7.05 Å². The summed E-state index contributed by atoms with van der Waals surface area (Å²) in [6.45, 7) is 0.436. The number of para-hydroxylation sites is 2. The van der Waals surface area contributed by atoms with Gasteiger partial charge in [-0.25, -0.2) is 0 Å². The van der Waals surface area contributed by atoms with Crippen LogP contribution in [0.4, 0.5) is 0 Å². The Hall–Kier alpha value is -5.50. The Morgan fingerprint density at radius 1 is 0.889 bits per heavy atom. The van der Waals surface area contributed by atoms with Crippen molar-refractivity contribution in [3.05, 3.63) is 135 Å². The molecule has 3 N–H and O–H groups in total. The predicted molar refractivity (Wildman–Crippen MR) is 177 cm³/mol. The normalized spacial score (nSPS) is 11.9. The summed E-state index contributed by atoms with van der Waals surface area (Å²) in [6.07, 6.45) is 1.28. The summed E-state index contributed by atoms with van der Waals surface area (Å²) < 4.78 is 12.2. The van der Waals surface area contributed by atoms with Gasteiger partial charge in [0.2, 0.25) is 0 Å². The number of ether oxygens (including phenoxy) is 2. The van der Waals surface area contributed by atoms with Gasteiger partial charge in [0.25, 0.3) is 11.5 Å². The van der Waals surface area contributed by atoms with E-state index < -0.39 is 5.92 Å². The second-order valence-electron chi connectivity index (χ2n) is 11.0. The van der Waals surface area contributed by atoms with Crippen molar-refractivity contribution in [1.29, 1.82) is 0 Å². The van der Waals surface area contributed by atoms with Crippen LogP contribution in [0.2, 0.25) is 0 Å². The van der Waals surface area contributed by atoms with Crippen LogP contribution in [0.25, 0.3) is 21.8 Å². The number of H-pyrrole nitrogens is 1. The number of amides is 1. The molecule has 0 spiro atoms. The van der Waals surface area contributed by atoms with Crippen LogP contribution in [-0.2, 0) is 13.5 Å². The van der Waals surface area contributed by atoms with Gasteiger partial charge in [-0.05, 0) is 60.4 Å². The van der Waals surface area contributed by atoms with E-state index >= 15 is 0 Å². The smallest absolute Gasteiger partial charge is 0.258 e. The highest BCUT2D eigenvalue weighted by atomic mass is 16.5. The molecule has 0 saturated heterocycles. The van der Waals surface area contributed by atoms with Gasteiger partial charge >= 0.3 is 0 Å². The fraction of sp³-hybridized carbons (Fsp3) is 0.189. The Kier molecular flexibility index (Phi) is 8.29. The van der Waals surface area contributed by atoms with Crippen LogP contribution >= 0.6 is 0 Å². The number of aromatic hydroxyl groups is 1. The standard InChI is InChI=1S/C37H35N3O5/c1-40-29-18-10-8-15-27(29)35(41)33(37(40)43)32(23-12-5-4-6-13-23)34-26(25-14-7-9-17-28(25)39-34)16-11-21-38-36(42)24-19-20-30(44-2)31(22-24)45-3/h4-10,12-15,17-20,22,32,39,41H,11,16,21H2,1-3H3,(H,38,42). The summed E-state index contributed by atoms with van der Waals surface area (Å²) in [6, 6.07) is 30.3. The van der Waals surface area contributed by atoms with Crippen LogP contribution in [0.1, 0.15) is 45.1 Å². The molecule has 0 aliphatic rings. The molecular weight excluding hydrogens is 566 g/mol. The van der Waals surface area contributed by atoms with E-state index in [1.807, 2.05) is 72.8 Å². The lowest BCUT2D eigenvalue weighted by Gasteiger charge is -2.22. The van der Waals surface area contributed by atoms with Gasteiger partial charge in [0.1, 0.15) is 5.75 Å². The van der Waals surface area contributed by atoms with E-state index in [0.717, 1.165) is 27.7 Å². The first-order valence-corrected chi connectivity index (χ1v) is 14.9. The zero-order valence-corrected chi connectivity index (χ0v) is 25.5. The summed E-state index contributed by atoms with van der Waals surface area (Å²) in [5.74, 6) is 0.263. The number of aryl methyl sites for hydroxylation is 2. The first-order chi connectivity index (χ1) is 21.9. The molecule has 45 heavy (non-hydrogen) atoms. The number of rotatable bonds is 10. The predicted octanol–water partition coefficient (Wildman–Crippen LogP) is 6.29. The molecule has 228 valence electrons. The summed E-state index contributed by atoms with van der Waals surface area (Å²) in [4.78, 5) is 30.6. The van der Waals surface area contributed by atoms with E-state index in [-0.39, 0.29) is 17.2 Å². The summed E-state index contributed by atoms with van der Waals surface area (Å²) in [7, 11) is 4.83. The van der Waals surface area contributed by atoms with Crippen molar-refractivity contribution in [3.63, 3.8) is 0 Å². The van der Waals surface area contributed by atoms with Crippen molar-refractivity contribution in [3.8, 4) is 17.2 Å². The maximum Gasteiger partial charge on any atom is 0.258 e. The number of aromatic amines is 1. The number of methoxy groups -OCH3 is 2. The van der Waals surface area contributed by atoms with E-state index in [2.05, 4.69) is 16.4 Å². The molecule has 1 atom stereocenters. The molecule has 1 amide bonds. The van der Waals surface area contributed by atoms with Crippen LogP contribution in [0.3, 0.4) is 0 Å². The third-order valence-corrected chi connectivity index (χ3v) is 8.40. The Morgan fingerprint density at radius 2 is 1.58 bits per heavy atom. The fourth-order valence-corrected chi connectivity index (χ4v) is 6.17. The summed E-state index contributed by atoms with van der Waals surface area (Å²) >= 11 is 0. The van der Waals surface area contributed by atoms with Crippen molar-refractivity contribution < 1.29 is 19.4 Å². The molecule has 0 bridgehead atoms. The molecule has 0 aliphatic carbocycles. The van der Waals surface area contributed by atoms with Gasteiger partial charge in [0.15, 0.2) is 11.5 Å². The number of hydrogen-bond acceptors (Lipinski definition) is 5. The van der Waals surface area contributed by atoms with E-state index in [1.165, 1.54) is 7.11 Å². The Balaban J connectivity index is 1.38. The van der Waals surface area contributed by atoms with Gasteiger partial charge in [0.05, 0.1) is 31.2 Å². The quantitative estimate of drug-likeness (QED) is 0.160. The molecule has 1 unspecified atom stereocenters. The lowest BCUT2D eigenvalue weighted by molar-refractivity contribution is 0.0953. The molecule has 2 aromatic heterocycles. The number of hydrogen-bond donors (Lipinski definition) is 3. The van der Waals surface area contributed by atoms with Gasteiger partial charge in [-0.15, -0.1) is 0 Å². The number of benzene rings is 4. The van der Waals surface area contributed by atoms with E-state index in [9.17, 15) is 14.7 Å². The van der Waals surface area contributed by atoms with Crippen LogP contribution in [0.15, 0.2) is 102 Å². The molecule has 4 aromatic carbocycles. The van der Waals surface area contributed by atoms with E-state index in [4.69, 9.17) is 9.47 Å². The lowest BCUT2D eigenvalue weighted by atomic mass is 9.85. The minimum absolute atomic E-state index is 0.0191. The van der Waals surface area contributed by atoms with Crippen molar-refractivity contribution in [1.82, 2.24) is 14.9 Å². The van der Waals surface area contributed by atoms with E-state index in [1.54, 1.807) is 36.9 Å². The minimum Gasteiger partial charge on any atom is -0.507 e. The van der Waals surface area contributed by atoms with Crippen LogP contribution < -0.4 is 20.3 Å². The van der Waals surface area contributed by atoms with Crippen LogP contribution in [0, 0.1) is 0 Å². The van der Waals surface area contributed by atoms with E-state index in [0.29, 0.717) is 52.9 Å². The third-order valence-electron chi connectivity index (χ3n) is 8.40. The van der Waals surface area contributed by atoms with Gasteiger partial charge in [-0.3, -0.25) is 9.59 Å². The van der Waals surface area contributed by atoms with Crippen molar-refractivity contribution >= 4 is 27.7 Å². The molecule has 8 heteroatoms. The average molecular weight is 602 g/mol. The van der Waals surface area contributed by atoms with Gasteiger partial charge in [-0.2, -0.15) is 0 Å². The second kappa shape index (κ2) is 12.6. The maximum atomic E-state index is 14.0. The largest absolute Gasteiger partial charge is 0.507 e. The number of aromatic nitrogens is 2. The number of carbonyl (C=O) groups is 1. The first-order valence-electron chi connectivity index (χ1n) is 14.9. The molecule has 0 fully saturated rings. The topological polar surface area (TPSA) is 106 Å². The lowest BCUT2D eigenvalue weighted by Crippen LogP contribution is -2.26. The number of fused-ring (bicyclic) bond motifs is 2. The minimum atomic E-state index is -0.557. The maximum absolute atomic E-state index is 14.0. The molecule has 8 nitrogen and oxygen atoms in total. The number of pyridine rings is 1. The second-order valence-corrected chi connectivity index (χ2v) is 11.0. The molecular formula is C37H35N3O5. The summed E-state index contributed by atoms with van der Waals surface area (Å²) in [5.41, 5.74) is 4.91. The Labute approximate surface area is 260 Å². The molecule has 0 radical (unpaired) electrons. The van der Waals surface area contributed by atoms with Gasteiger partial charge in [-0.1, -0.05) is 60.7 Å². The molecule has 2 heterocycles. The average Bonchev–Trinajstić information content (AvgIpc) is 3.45. The number of nitrogens with zero attached hydrogens (tertiary/aromatic N) is 1. The molecule has 6 aromatic rings. The Bertz CT molecular complexity index is 2060. The molecule has 0 aliphatic heterocycles. The first kappa shape index (κ1) is 29.6. The van der Waals surface area contributed by atoms with Crippen molar-refractivity contribution in [2.45, 2.75) is 18.8 Å². The van der Waals surface area contributed by atoms with Crippen LogP contribution in [0.5, 0.6) is 17.2 Å². The number of nitrogens with one attached hydrogen (secondary N) is 2. The Morgan fingerprint density at radius 3 is 2.33 bits per heavy atom. The highest BCUT2D eigenvalue weighted by molar-refractivity contribution is 5.95. The SMILES string of the molecule is COc1ccc(C(=O)NCCCc2c(C(c3ccccc3)c3c(O)c4ccccc4n(C)c3=O)[nH]c3ccccc23)cc1OC. The zero-order chi connectivity index (χ0) is 31.5. The van der Waals surface area contributed by atoms with Gasteiger partial charge in [0, 0.05) is 41.1 Å². The third kappa shape index (κ3) is 5.51.